The molecule has 0 N–H and O–H groups in total. The summed E-state index contributed by atoms with van der Waals surface area (Å²) in [7, 11) is -3.97. The van der Waals surface area contributed by atoms with Gasteiger partial charge in [0.1, 0.15) is 0 Å². The minimum absolute atomic E-state index is 0.121. The lowest BCUT2D eigenvalue weighted by Gasteiger charge is -2.40. The summed E-state index contributed by atoms with van der Waals surface area (Å²) in [6, 6.07) is 15.5. The van der Waals surface area contributed by atoms with Crippen LogP contribution in [0.25, 0.3) is 0 Å². The average molecular weight is 449 g/mol. The third-order valence-electron chi connectivity index (χ3n) is 5.45. The fraction of sp³-hybridized carbons (Fsp3) is 0.455. The van der Waals surface area contributed by atoms with Crippen molar-refractivity contribution >= 4 is 27.5 Å². The zero-order valence-corrected chi connectivity index (χ0v) is 18.8. The Morgan fingerprint density at radius 1 is 1.10 bits per heavy atom. The molecule has 0 saturated carbocycles. The van der Waals surface area contributed by atoms with Crippen LogP contribution in [0.2, 0.25) is 0 Å². The van der Waals surface area contributed by atoms with Gasteiger partial charge in [0.05, 0.1) is 4.92 Å². The standard InChI is InChI=1S/C22H28N2O4S2/c1-2-3-5-13-19-21(29-18-11-6-4-7-12-18)15-10-17-23(19)30(27,28)22-16-9-8-14-20(22)24(25)26/h4,6-9,11-12,14,16,19,21H,2-3,5,10,13,15,17H2,1H3/t19-,21-/m1/s1. The Morgan fingerprint density at radius 3 is 2.50 bits per heavy atom. The van der Waals surface area contributed by atoms with Gasteiger partial charge in [0.25, 0.3) is 5.69 Å². The van der Waals surface area contributed by atoms with Crippen LogP contribution in [0.15, 0.2) is 64.4 Å². The van der Waals surface area contributed by atoms with E-state index in [0.717, 1.165) is 43.4 Å². The molecule has 0 unspecified atom stereocenters. The molecule has 0 aromatic heterocycles. The van der Waals surface area contributed by atoms with Crippen LogP contribution < -0.4 is 0 Å². The van der Waals surface area contributed by atoms with E-state index < -0.39 is 14.9 Å². The first kappa shape index (κ1) is 22.8. The molecule has 6 nitrogen and oxygen atoms in total. The second-order valence-corrected chi connectivity index (χ2v) is 10.7. The van der Waals surface area contributed by atoms with Gasteiger partial charge in [-0.25, -0.2) is 8.42 Å². The molecule has 162 valence electrons. The largest absolute Gasteiger partial charge is 0.289 e. The molecule has 0 bridgehead atoms. The molecule has 1 saturated heterocycles. The van der Waals surface area contributed by atoms with Gasteiger partial charge in [0.15, 0.2) is 4.90 Å². The van der Waals surface area contributed by atoms with Gasteiger partial charge >= 0.3 is 0 Å². The van der Waals surface area contributed by atoms with Crippen molar-refractivity contribution in [3.05, 3.63) is 64.7 Å². The molecule has 0 aliphatic carbocycles. The molecule has 0 spiro atoms. The maximum Gasteiger partial charge on any atom is 0.289 e. The van der Waals surface area contributed by atoms with Crippen LogP contribution in [0, 0.1) is 10.1 Å². The van der Waals surface area contributed by atoms with Gasteiger partial charge in [-0.05, 0) is 37.5 Å². The molecule has 30 heavy (non-hydrogen) atoms. The van der Waals surface area contributed by atoms with Crippen LogP contribution in [0.4, 0.5) is 5.69 Å². The fourth-order valence-electron chi connectivity index (χ4n) is 3.99. The summed E-state index contributed by atoms with van der Waals surface area (Å²) in [6.45, 7) is 2.52. The molecule has 8 heteroatoms. The van der Waals surface area contributed by atoms with Crippen LogP contribution in [-0.2, 0) is 10.0 Å². The highest BCUT2D eigenvalue weighted by atomic mass is 32.2. The minimum atomic E-state index is -3.97. The van der Waals surface area contributed by atoms with E-state index in [1.807, 2.05) is 30.3 Å². The van der Waals surface area contributed by atoms with Gasteiger partial charge in [-0.2, -0.15) is 4.31 Å². The Kier molecular flexibility index (Phi) is 7.91. The van der Waals surface area contributed by atoms with Gasteiger partial charge < -0.3 is 0 Å². The number of hydrogen-bond acceptors (Lipinski definition) is 5. The summed E-state index contributed by atoms with van der Waals surface area (Å²) in [6.07, 6.45) is 5.47. The van der Waals surface area contributed by atoms with Crippen molar-refractivity contribution in [1.29, 1.82) is 0 Å². The SMILES string of the molecule is CCCCC[C@@H]1[C@H](Sc2ccccc2)CCCN1S(=O)(=O)c1ccccc1[N+](=O)[O-]. The van der Waals surface area contributed by atoms with Crippen molar-refractivity contribution in [3.63, 3.8) is 0 Å². The molecule has 2 atom stereocenters. The Balaban J connectivity index is 1.94. The number of thioether (sulfide) groups is 1. The normalized spacial score (nSPS) is 20.2. The number of unbranched alkanes of at least 4 members (excludes halogenated alkanes) is 2. The van der Waals surface area contributed by atoms with E-state index in [0.29, 0.717) is 6.54 Å². The lowest BCUT2D eigenvalue weighted by Crippen LogP contribution is -2.49. The first-order valence-corrected chi connectivity index (χ1v) is 12.7. The van der Waals surface area contributed by atoms with Crippen molar-refractivity contribution in [1.82, 2.24) is 4.31 Å². The van der Waals surface area contributed by atoms with Gasteiger partial charge in [0, 0.05) is 28.8 Å². The molecule has 1 aliphatic heterocycles. The molecular weight excluding hydrogens is 420 g/mol. The van der Waals surface area contributed by atoms with Crippen LogP contribution in [0.1, 0.15) is 45.4 Å². The second-order valence-electron chi connectivity index (χ2n) is 7.52. The number of piperidine rings is 1. The lowest BCUT2D eigenvalue weighted by molar-refractivity contribution is -0.387. The van der Waals surface area contributed by atoms with Gasteiger partial charge in [0.2, 0.25) is 10.0 Å². The van der Waals surface area contributed by atoms with E-state index in [1.54, 1.807) is 17.8 Å². The predicted octanol–water partition coefficient (Wildman–Crippen LogP) is 5.49. The summed E-state index contributed by atoms with van der Waals surface area (Å²) in [4.78, 5) is 11.8. The maximum absolute atomic E-state index is 13.6. The number of rotatable bonds is 9. The zero-order valence-electron chi connectivity index (χ0n) is 17.1. The quantitative estimate of drug-likeness (QED) is 0.288. The number of hydrogen-bond donors (Lipinski definition) is 0. The Bertz CT molecular complexity index is 951. The molecule has 1 aliphatic rings. The highest BCUT2D eigenvalue weighted by molar-refractivity contribution is 8.00. The summed E-state index contributed by atoms with van der Waals surface area (Å²) in [5.74, 6) is 0. The van der Waals surface area contributed by atoms with E-state index in [1.165, 1.54) is 22.5 Å². The monoisotopic (exact) mass is 448 g/mol. The number of nitrogens with zero attached hydrogens (tertiary/aromatic N) is 2. The lowest BCUT2D eigenvalue weighted by atomic mass is 9.98. The highest BCUT2D eigenvalue weighted by Crippen LogP contribution is 2.39. The number of benzene rings is 2. The third kappa shape index (κ3) is 5.22. The molecule has 0 radical (unpaired) electrons. The third-order valence-corrected chi connectivity index (χ3v) is 8.82. The van der Waals surface area contributed by atoms with Crippen LogP contribution in [-0.4, -0.2) is 35.5 Å². The zero-order chi connectivity index (χ0) is 21.6. The van der Waals surface area contributed by atoms with E-state index in [2.05, 4.69) is 6.92 Å². The highest BCUT2D eigenvalue weighted by Gasteiger charge is 2.41. The molecule has 1 fully saturated rings. The smallest absolute Gasteiger partial charge is 0.258 e. The summed E-state index contributed by atoms with van der Waals surface area (Å²) in [5, 5.41) is 11.6. The average Bonchev–Trinajstić information content (AvgIpc) is 2.75. The first-order valence-electron chi connectivity index (χ1n) is 10.4. The summed E-state index contributed by atoms with van der Waals surface area (Å²) in [5.41, 5.74) is -0.359. The molecule has 2 aromatic rings. The van der Waals surface area contributed by atoms with Gasteiger partial charge in [-0.15, -0.1) is 11.8 Å². The number of sulfonamides is 1. The maximum atomic E-state index is 13.6. The molecule has 2 aromatic carbocycles. The summed E-state index contributed by atoms with van der Waals surface area (Å²) < 4.78 is 28.7. The summed E-state index contributed by atoms with van der Waals surface area (Å²) >= 11 is 1.72. The molecule has 3 rings (SSSR count). The Labute approximate surface area is 182 Å². The molecule has 0 amide bonds. The number of nitro groups is 1. The number of para-hydroxylation sites is 1. The predicted molar refractivity (Wildman–Crippen MR) is 120 cm³/mol. The van der Waals surface area contributed by atoms with Crippen LogP contribution in [0.5, 0.6) is 0 Å². The Hall–Kier alpha value is -1.90. The van der Waals surface area contributed by atoms with Crippen LogP contribution in [0.3, 0.4) is 0 Å². The van der Waals surface area contributed by atoms with Crippen molar-refractivity contribution in [2.75, 3.05) is 6.54 Å². The Morgan fingerprint density at radius 2 is 1.80 bits per heavy atom. The topological polar surface area (TPSA) is 80.5 Å². The van der Waals surface area contributed by atoms with Crippen molar-refractivity contribution in [3.8, 4) is 0 Å². The fourth-order valence-corrected chi connectivity index (χ4v) is 7.34. The van der Waals surface area contributed by atoms with Crippen LogP contribution >= 0.6 is 11.8 Å². The van der Waals surface area contributed by atoms with E-state index in [4.69, 9.17) is 0 Å². The molecular formula is C22H28N2O4S2. The van der Waals surface area contributed by atoms with Crippen molar-refractivity contribution in [2.24, 2.45) is 0 Å². The van der Waals surface area contributed by atoms with Crippen molar-refractivity contribution < 1.29 is 13.3 Å². The van der Waals surface area contributed by atoms with E-state index in [-0.39, 0.29) is 21.9 Å². The molecule has 1 heterocycles. The first-order chi connectivity index (χ1) is 14.4. The second kappa shape index (κ2) is 10.4. The van der Waals surface area contributed by atoms with E-state index in [9.17, 15) is 18.5 Å². The minimum Gasteiger partial charge on any atom is -0.258 e. The van der Waals surface area contributed by atoms with E-state index >= 15 is 0 Å². The van der Waals surface area contributed by atoms with Crippen molar-refractivity contribution in [2.45, 2.75) is 66.5 Å². The number of nitro benzene ring substituents is 1. The van der Waals surface area contributed by atoms with Gasteiger partial charge in [-0.3, -0.25) is 10.1 Å². The van der Waals surface area contributed by atoms with Gasteiger partial charge in [-0.1, -0.05) is 56.5 Å².